The Kier molecular flexibility index (Phi) is 6.18. The number of carboxylic acid groups (broad SMARTS) is 1. The number of halogens is 2. The molecule has 0 saturated heterocycles. The molecule has 0 radical (unpaired) electrons. The maximum atomic E-state index is 11.9. The molecule has 6 nitrogen and oxygen atoms in total. The van der Waals surface area contributed by atoms with Crippen molar-refractivity contribution >= 4 is 49.2 Å². The van der Waals surface area contributed by atoms with Crippen molar-refractivity contribution in [2.24, 2.45) is 0 Å². The molecule has 2 N–H and O–H groups in total. The van der Waals surface area contributed by atoms with Gasteiger partial charge in [0.1, 0.15) is 15.9 Å². The Hall–Kier alpha value is -1.12. The number of hydrogen-bond donors (Lipinski definition) is 2. The van der Waals surface area contributed by atoms with Gasteiger partial charge in [0.25, 0.3) is 5.91 Å². The fraction of sp³-hybridized carbons (Fsp3) is 0.333. The molecule has 1 aromatic carbocycles. The van der Waals surface area contributed by atoms with Crippen LogP contribution in [0.15, 0.2) is 22.7 Å². The average Bonchev–Trinajstić information content (AvgIpc) is 2.36. The van der Waals surface area contributed by atoms with Crippen molar-refractivity contribution in [2.45, 2.75) is 12.5 Å². The molecule has 21 heavy (non-hydrogen) atoms. The van der Waals surface area contributed by atoms with Crippen LogP contribution in [0.25, 0.3) is 0 Å². The number of rotatable bonds is 6. The van der Waals surface area contributed by atoms with E-state index in [0.717, 1.165) is 6.26 Å². The summed E-state index contributed by atoms with van der Waals surface area (Å²) in [5, 5.41) is 11.6. The van der Waals surface area contributed by atoms with Gasteiger partial charge in [-0.25, -0.2) is 13.2 Å². The molecule has 0 saturated carbocycles. The van der Waals surface area contributed by atoms with E-state index in [-0.39, 0.29) is 17.7 Å². The summed E-state index contributed by atoms with van der Waals surface area (Å²) in [6, 6.07) is 3.13. The fourth-order valence-corrected chi connectivity index (χ4v) is 2.56. The van der Waals surface area contributed by atoms with Crippen LogP contribution in [0.3, 0.4) is 0 Å². The van der Waals surface area contributed by atoms with E-state index in [1.807, 2.05) is 0 Å². The summed E-state index contributed by atoms with van der Waals surface area (Å²) < 4.78 is 22.7. The van der Waals surface area contributed by atoms with Gasteiger partial charge in [-0.1, -0.05) is 11.6 Å². The Morgan fingerprint density at radius 1 is 1.43 bits per heavy atom. The summed E-state index contributed by atoms with van der Waals surface area (Å²) in [6.45, 7) is 0. The van der Waals surface area contributed by atoms with Crippen LogP contribution in [0, 0.1) is 0 Å². The van der Waals surface area contributed by atoms with Gasteiger partial charge in [-0.05, 0) is 40.5 Å². The second-order valence-corrected chi connectivity index (χ2v) is 7.93. The van der Waals surface area contributed by atoms with E-state index in [1.165, 1.54) is 12.1 Å². The number of carbonyl (C=O) groups is 2. The molecule has 0 heterocycles. The van der Waals surface area contributed by atoms with Gasteiger partial charge in [-0.15, -0.1) is 0 Å². The SMILES string of the molecule is CS(=O)(=O)CCC(NC(=O)c1ccc(Br)c(Cl)c1)C(=O)O. The summed E-state index contributed by atoms with van der Waals surface area (Å²) in [5.41, 5.74) is 0.189. The second kappa shape index (κ2) is 7.24. The van der Waals surface area contributed by atoms with Gasteiger partial charge in [0.15, 0.2) is 0 Å². The monoisotopic (exact) mass is 397 g/mol. The minimum Gasteiger partial charge on any atom is -0.480 e. The summed E-state index contributed by atoms with van der Waals surface area (Å²) >= 11 is 9.03. The van der Waals surface area contributed by atoms with Crippen LogP contribution >= 0.6 is 27.5 Å². The molecule has 0 aliphatic rings. The van der Waals surface area contributed by atoms with E-state index in [4.69, 9.17) is 16.7 Å². The highest BCUT2D eigenvalue weighted by Gasteiger charge is 2.22. The van der Waals surface area contributed by atoms with Crippen molar-refractivity contribution in [3.8, 4) is 0 Å². The quantitative estimate of drug-likeness (QED) is 0.760. The lowest BCUT2D eigenvalue weighted by Crippen LogP contribution is -2.41. The van der Waals surface area contributed by atoms with Gasteiger partial charge in [-0.3, -0.25) is 4.79 Å². The molecule has 0 aromatic heterocycles. The van der Waals surface area contributed by atoms with Crippen molar-refractivity contribution in [2.75, 3.05) is 12.0 Å². The Bertz CT molecular complexity index is 662. The number of carbonyl (C=O) groups excluding carboxylic acids is 1. The molecule has 0 spiro atoms. The molecule has 1 unspecified atom stereocenters. The molecular weight excluding hydrogens is 386 g/mol. The van der Waals surface area contributed by atoms with E-state index in [2.05, 4.69) is 21.2 Å². The highest BCUT2D eigenvalue weighted by molar-refractivity contribution is 9.10. The summed E-state index contributed by atoms with van der Waals surface area (Å²) in [4.78, 5) is 23.0. The number of carboxylic acids is 1. The average molecular weight is 399 g/mol. The first-order valence-corrected chi connectivity index (χ1v) is 9.00. The first-order valence-electron chi connectivity index (χ1n) is 5.76. The van der Waals surface area contributed by atoms with Gasteiger partial charge in [0.05, 0.1) is 10.8 Å². The summed E-state index contributed by atoms with van der Waals surface area (Å²) in [6.07, 6.45) is 0.798. The number of benzene rings is 1. The Labute approximate surface area is 135 Å². The highest BCUT2D eigenvalue weighted by atomic mass is 79.9. The first kappa shape index (κ1) is 17.9. The first-order chi connectivity index (χ1) is 9.60. The zero-order valence-corrected chi connectivity index (χ0v) is 14.1. The third-order valence-electron chi connectivity index (χ3n) is 2.56. The zero-order valence-electron chi connectivity index (χ0n) is 11.0. The number of hydrogen-bond acceptors (Lipinski definition) is 4. The van der Waals surface area contributed by atoms with Gasteiger partial charge < -0.3 is 10.4 Å². The lowest BCUT2D eigenvalue weighted by Gasteiger charge is -2.14. The van der Waals surface area contributed by atoms with Crippen LogP contribution < -0.4 is 5.32 Å². The topological polar surface area (TPSA) is 101 Å². The largest absolute Gasteiger partial charge is 0.480 e. The van der Waals surface area contributed by atoms with Crippen LogP contribution in [-0.4, -0.2) is 43.5 Å². The smallest absolute Gasteiger partial charge is 0.326 e. The maximum Gasteiger partial charge on any atom is 0.326 e. The molecule has 0 aliphatic carbocycles. The summed E-state index contributed by atoms with van der Waals surface area (Å²) in [7, 11) is -3.31. The van der Waals surface area contributed by atoms with Crippen LogP contribution in [0.4, 0.5) is 0 Å². The van der Waals surface area contributed by atoms with Crippen LogP contribution in [0.5, 0.6) is 0 Å². The van der Waals surface area contributed by atoms with E-state index < -0.39 is 27.8 Å². The van der Waals surface area contributed by atoms with E-state index in [9.17, 15) is 18.0 Å². The molecule has 0 bridgehead atoms. The van der Waals surface area contributed by atoms with Crippen molar-refractivity contribution < 1.29 is 23.1 Å². The van der Waals surface area contributed by atoms with E-state index in [1.54, 1.807) is 6.07 Å². The van der Waals surface area contributed by atoms with Crippen molar-refractivity contribution in [1.82, 2.24) is 5.32 Å². The number of amides is 1. The molecule has 9 heteroatoms. The fourth-order valence-electron chi connectivity index (χ4n) is 1.47. The van der Waals surface area contributed by atoms with Gasteiger partial charge in [0.2, 0.25) is 0 Å². The number of nitrogens with one attached hydrogen (secondary N) is 1. The standard InChI is InChI=1S/C12H13BrClNO5S/c1-21(19,20)5-4-10(12(17)18)15-11(16)7-2-3-8(13)9(14)6-7/h2-3,6,10H,4-5H2,1H3,(H,15,16)(H,17,18). The van der Waals surface area contributed by atoms with Crippen molar-refractivity contribution in [3.05, 3.63) is 33.3 Å². The van der Waals surface area contributed by atoms with Crippen LogP contribution in [0.2, 0.25) is 5.02 Å². The molecule has 1 rings (SSSR count). The van der Waals surface area contributed by atoms with E-state index >= 15 is 0 Å². The third-order valence-corrected chi connectivity index (χ3v) is 4.77. The zero-order chi connectivity index (χ0) is 16.2. The molecule has 116 valence electrons. The minimum atomic E-state index is -3.31. The predicted molar refractivity (Wildman–Crippen MR) is 82.4 cm³/mol. The highest BCUT2D eigenvalue weighted by Crippen LogP contribution is 2.23. The molecule has 1 aromatic rings. The minimum absolute atomic E-state index is 0.189. The van der Waals surface area contributed by atoms with Crippen molar-refractivity contribution in [3.63, 3.8) is 0 Å². The number of aliphatic carboxylic acids is 1. The van der Waals surface area contributed by atoms with Gasteiger partial charge in [0, 0.05) is 16.3 Å². The second-order valence-electron chi connectivity index (χ2n) is 4.41. The van der Waals surface area contributed by atoms with Crippen LogP contribution in [-0.2, 0) is 14.6 Å². The lowest BCUT2D eigenvalue weighted by molar-refractivity contribution is -0.139. The van der Waals surface area contributed by atoms with Crippen LogP contribution in [0.1, 0.15) is 16.8 Å². The number of sulfone groups is 1. The Morgan fingerprint density at radius 2 is 2.05 bits per heavy atom. The lowest BCUT2D eigenvalue weighted by atomic mass is 10.1. The molecule has 0 fully saturated rings. The normalized spacial score (nSPS) is 12.7. The Balaban J connectivity index is 2.81. The maximum absolute atomic E-state index is 11.9. The summed E-state index contributed by atoms with van der Waals surface area (Å²) in [5.74, 6) is -2.26. The molecule has 1 amide bonds. The predicted octanol–water partition coefficient (Wildman–Crippen LogP) is 1.72. The van der Waals surface area contributed by atoms with Crippen molar-refractivity contribution in [1.29, 1.82) is 0 Å². The molecular formula is C12H13BrClNO5S. The third kappa shape index (κ3) is 6.03. The Morgan fingerprint density at radius 3 is 2.52 bits per heavy atom. The van der Waals surface area contributed by atoms with Gasteiger partial charge >= 0.3 is 5.97 Å². The van der Waals surface area contributed by atoms with Gasteiger partial charge in [-0.2, -0.15) is 0 Å². The van der Waals surface area contributed by atoms with E-state index in [0.29, 0.717) is 9.50 Å². The molecule has 1 atom stereocenters. The molecule has 0 aliphatic heterocycles.